The van der Waals surface area contributed by atoms with Gasteiger partial charge >= 0.3 is 0 Å². The maximum absolute atomic E-state index is 13.5. The number of halogens is 1. The van der Waals surface area contributed by atoms with Gasteiger partial charge in [0.15, 0.2) is 0 Å². The quantitative estimate of drug-likeness (QED) is 0.821. The van der Waals surface area contributed by atoms with Crippen LogP contribution in [0.2, 0.25) is 0 Å². The van der Waals surface area contributed by atoms with E-state index in [9.17, 15) is 9.18 Å². The summed E-state index contributed by atoms with van der Waals surface area (Å²) in [7, 11) is 3.90. The Bertz CT molecular complexity index is 643. The zero-order valence-corrected chi connectivity index (χ0v) is 13.3. The largest absolute Gasteiger partial charge is 0.366 e. The van der Waals surface area contributed by atoms with Gasteiger partial charge in [-0.1, -0.05) is 18.2 Å². The third-order valence-electron chi connectivity index (χ3n) is 3.29. The van der Waals surface area contributed by atoms with Crippen LogP contribution in [-0.4, -0.2) is 43.0 Å². The van der Waals surface area contributed by atoms with Crippen molar-refractivity contribution in [2.24, 2.45) is 0 Å². The minimum absolute atomic E-state index is 0.153. The number of hydrogen-bond donors (Lipinski definition) is 2. The Kier molecular flexibility index (Phi) is 6.05. The van der Waals surface area contributed by atoms with E-state index >= 15 is 0 Å². The van der Waals surface area contributed by atoms with Crippen molar-refractivity contribution in [1.82, 2.24) is 15.2 Å². The molecule has 0 atom stereocenters. The van der Waals surface area contributed by atoms with Gasteiger partial charge in [-0.15, -0.1) is 0 Å². The first-order valence-corrected chi connectivity index (χ1v) is 7.42. The lowest BCUT2D eigenvalue weighted by molar-refractivity contribution is 0.0950. The fourth-order valence-electron chi connectivity index (χ4n) is 1.96. The third-order valence-corrected chi connectivity index (χ3v) is 3.29. The van der Waals surface area contributed by atoms with Crippen molar-refractivity contribution < 1.29 is 9.18 Å². The Balaban J connectivity index is 1.87. The molecule has 1 amide bonds. The molecule has 2 aromatic rings. The van der Waals surface area contributed by atoms with Crippen LogP contribution in [0.3, 0.4) is 0 Å². The number of carbonyl (C=O) groups is 1. The van der Waals surface area contributed by atoms with Crippen LogP contribution in [-0.2, 0) is 6.54 Å². The van der Waals surface area contributed by atoms with Crippen LogP contribution in [0.1, 0.15) is 15.9 Å². The molecule has 0 bridgehead atoms. The maximum Gasteiger partial charge on any atom is 0.252 e. The van der Waals surface area contributed by atoms with E-state index < -0.39 is 0 Å². The molecule has 0 aliphatic heterocycles. The average Bonchev–Trinajstić information content (AvgIpc) is 2.54. The van der Waals surface area contributed by atoms with E-state index in [1.165, 1.54) is 12.3 Å². The van der Waals surface area contributed by atoms with Gasteiger partial charge in [-0.25, -0.2) is 9.37 Å². The number of pyridine rings is 1. The van der Waals surface area contributed by atoms with Crippen molar-refractivity contribution in [3.8, 4) is 0 Å². The fraction of sp³-hybridized carbons (Fsp3) is 0.294. The summed E-state index contributed by atoms with van der Waals surface area (Å²) < 4.78 is 13.5. The molecule has 0 spiro atoms. The predicted octanol–water partition coefficient (Wildman–Crippen LogP) is 2.12. The molecule has 2 rings (SSSR count). The predicted molar refractivity (Wildman–Crippen MR) is 88.9 cm³/mol. The second kappa shape index (κ2) is 8.24. The molecule has 1 heterocycles. The Hall–Kier alpha value is -2.47. The van der Waals surface area contributed by atoms with E-state index in [4.69, 9.17) is 0 Å². The fourth-order valence-corrected chi connectivity index (χ4v) is 1.96. The summed E-state index contributed by atoms with van der Waals surface area (Å²) in [5, 5.41) is 5.86. The van der Waals surface area contributed by atoms with Gasteiger partial charge in [-0.3, -0.25) is 4.79 Å². The summed E-state index contributed by atoms with van der Waals surface area (Å²) in [6.07, 6.45) is 1.51. The SMILES string of the molecule is CN(C)CCNC(=O)c1ccc(NCc2ccccc2F)nc1. The zero-order valence-electron chi connectivity index (χ0n) is 13.3. The first-order valence-electron chi connectivity index (χ1n) is 7.42. The van der Waals surface area contributed by atoms with Crippen molar-refractivity contribution >= 4 is 11.7 Å². The average molecular weight is 316 g/mol. The van der Waals surface area contributed by atoms with Gasteiger partial charge in [0.2, 0.25) is 0 Å². The topological polar surface area (TPSA) is 57.3 Å². The van der Waals surface area contributed by atoms with Gasteiger partial charge in [0, 0.05) is 31.4 Å². The molecule has 6 heteroatoms. The van der Waals surface area contributed by atoms with Gasteiger partial charge in [0.25, 0.3) is 5.91 Å². The monoisotopic (exact) mass is 316 g/mol. The maximum atomic E-state index is 13.5. The minimum atomic E-state index is -0.253. The molecule has 1 aromatic carbocycles. The summed E-state index contributed by atoms with van der Waals surface area (Å²) in [5.41, 5.74) is 1.07. The van der Waals surface area contributed by atoms with E-state index in [0.29, 0.717) is 30.0 Å². The Labute approximate surface area is 135 Å². The second-order valence-corrected chi connectivity index (χ2v) is 5.44. The number of benzene rings is 1. The van der Waals surface area contributed by atoms with Gasteiger partial charge in [-0.05, 0) is 32.3 Å². The first kappa shape index (κ1) is 16.9. The highest BCUT2D eigenvalue weighted by atomic mass is 19.1. The molecule has 1 aromatic heterocycles. The number of anilines is 1. The Morgan fingerprint density at radius 1 is 1.22 bits per heavy atom. The summed E-state index contributed by atoms with van der Waals surface area (Å²) in [6, 6.07) is 9.99. The summed E-state index contributed by atoms with van der Waals surface area (Å²) >= 11 is 0. The normalized spacial score (nSPS) is 10.6. The van der Waals surface area contributed by atoms with Crippen LogP contribution >= 0.6 is 0 Å². The summed E-state index contributed by atoms with van der Waals surface area (Å²) in [5.74, 6) is 0.190. The lowest BCUT2D eigenvalue weighted by atomic mass is 10.2. The van der Waals surface area contributed by atoms with Crippen LogP contribution in [0.15, 0.2) is 42.6 Å². The Morgan fingerprint density at radius 2 is 2.00 bits per heavy atom. The first-order chi connectivity index (χ1) is 11.1. The van der Waals surface area contributed by atoms with Gasteiger partial charge in [0.1, 0.15) is 11.6 Å². The molecule has 23 heavy (non-hydrogen) atoms. The molecule has 2 N–H and O–H groups in total. The van der Waals surface area contributed by atoms with Crippen molar-refractivity contribution in [2.45, 2.75) is 6.54 Å². The zero-order chi connectivity index (χ0) is 16.7. The molecular weight excluding hydrogens is 295 g/mol. The van der Waals surface area contributed by atoms with Gasteiger partial charge < -0.3 is 15.5 Å². The van der Waals surface area contributed by atoms with Crippen LogP contribution in [0.5, 0.6) is 0 Å². The van der Waals surface area contributed by atoms with Gasteiger partial charge in [-0.2, -0.15) is 0 Å². The van der Waals surface area contributed by atoms with Crippen LogP contribution < -0.4 is 10.6 Å². The van der Waals surface area contributed by atoms with Crippen molar-refractivity contribution in [2.75, 3.05) is 32.5 Å². The van der Waals surface area contributed by atoms with Crippen LogP contribution in [0.25, 0.3) is 0 Å². The molecule has 0 aliphatic rings. The molecule has 0 radical (unpaired) electrons. The standard InChI is InChI=1S/C17H21FN4O/c1-22(2)10-9-19-17(23)14-7-8-16(21-12-14)20-11-13-5-3-4-6-15(13)18/h3-8,12H,9-11H2,1-2H3,(H,19,23)(H,20,21). The van der Waals surface area contributed by atoms with E-state index in [1.54, 1.807) is 30.3 Å². The number of amides is 1. The summed E-state index contributed by atoms with van der Waals surface area (Å²) in [6.45, 7) is 1.70. The molecule has 0 saturated heterocycles. The minimum Gasteiger partial charge on any atom is -0.366 e. The van der Waals surface area contributed by atoms with Crippen molar-refractivity contribution in [3.05, 3.63) is 59.5 Å². The second-order valence-electron chi connectivity index (χ2n) is 5.44. The molecule has 122 valence electrons. The highest BCUT2D eigenvalue weighted by Crippen LogP contribution is 2.10. The number of likely N-dealkylation sites (N-methyl/N-ethyl adjacent to an activating group) is 1. The smallest absolute Gasteiger partial charge is 0.252 e. The highest BCUT2D eigenvalue weighted by molar-refractivity contribution is 5.94. The number of aromatic nitrogens is 1. The van der Waals surface area contributed by atoms with Crippen LogP contribution in [0, 0.1) is 5.82 Å². The molecule has 0 aliphatic carbocycles. The van der Waals surface area contributed by atoms with E-state index in [0.717, 1.165) is 6.54 Å². The number of hydrogen-bond acceptors (Lipinski definition) is 4. The van der Waals surface area contributed by atoms with E-state index in [2.05, 4.69) is 15.6 Å². The van der Waals surface area contributed by atoms with E-state index in [-0.39, 0.29) is 11.7 Å². The molecule has 0 fully saturated rings. The van der Waals surface area contributed by atoms with Crippen LogP contribution in [0.4, 0.5) is 10.2 Å². The number of nitrogens with one attached hydrogen (secondary N) is 2. The van der Waals surface area contributed by atoms with Gasteiger partial charge in [0.05, 0.1) is 5.56 Å². The molecule has 0 saturated carbocycles. The Morgan fingerprint density at radius 3 is 2.65 bits per heavy atom. The number of nitrogens with zero attached hydrogens (tertiary/aromatic N) is 2. The lowest BCUT2D eigenvalue weighted by Crippen LogP contribution is -2.31. The summed E-state index contributed by atoms with van der Waals surface area (Å²) in [4.78, 5) is 18.1. The van der Waals surface area contributed by atoms with Crippen molar-refractivity contribution in [1.29, 1.82) is 0 Å². The van der Waals surface area contributed by atoms with E-state index in [1.807, 2.05) is 19.0 Å². The number of rotatable bonds is 7. The third kappa shape index (κ3) is 5.34. The molecule has 0 unspecified atom stereocenters. The molecule has 5 nitrogen and oxygen atoms in total. The number of carbonyl (C=O) groups excluding carboxylic acids is 1. The highest BCUT2D eigenvalue weighted by Gasteiger charge is 2.06. The van der Waals surface area contributed by atoms with Crippen molar-refractivity contribution in [3.63, 3.8) is 0 Å². The lowest BCUT2D eigenvalue weighted by Gasteiger charge is -2.11. The molecular formula is C17H21FN4O.